The van der Waals surface area contributed by atoms with Gasteiger partial charge in [0.1, 0.15) is 23.6 Å². The Morgan fingerprint density at radius 1 is 1.26 bits per heavy atom. The molecule has 0 aliphatic carbocycles. The number of ether oxygens (including phenoxy) is 2. The van der Waals surface area contributed by atoms with E-state index in [4.69, 9.17) is 15.3 Å². The fourth-order valence-electron chi connectivity index (χ4n) is 1.70. The number of hydrogen-bond donors (Lipinski definition) is 2. The maximum absolute atomic E-state index is 5.76. The van der Waals surface area contributed by atoms with Gasteiger partial charge >= 0.3 is 0 Å². The van der Waals surface area contributed by atoms with Crippen LogP contribution in [0.25, 0.3) is 0 Å². The second kappa shape index (κ2) is 6.01. The average Bonchev–Trinajstić information content (AvgIpc) is 2.47. The van der Waals surface area contributed by atoms with Crippen LogP contribution < -0.4 is 20.7 Å². The van der Waals surface area contributed by atoms with Crippen molar-refractivity contribution in [2.24, 2.45) is 5.84 Å². The van der Waals surface area contributed by atoms with E-state index in [1.165, 1.54) is 6.33 Å². The molecule has 6 nitrogen and oxygen atoms in total. The molecule has 6 heteroatoms. The van der Waals surface area contributed by atoms with Crippen molar-refractivity contribution in [3.05, 3.63) is 36.2 Å². The molecular weight excluding hydrogens is 244 g/mol. The summed E-state index contributed by atoms with van der Waals surface area (Å²) < 4.78 is 10.9. The van der Waals surface area contributed by atoms with E-state index in [0.717, 1.165) is 11.3 Å². The average molecular weight is 260 g/mol. The van der Waals surface area contributed by atoms with E-state index in [2.05, 4.69) is 15.4 Å². The Labute approximate surface area is 111 Å². The SMILES string of the molecule is CCc1c(NN)ncnc1Oc1cccc(OC)c1. The summed E-state index contributed by atoms with van der Waals surface area (Å²) in [6, 6.07) is 7.32. The number of hydrazine groups is 1. The van der Waals surface area contributed by atoms with E-state index in [-0.39, 0.29) is 0 Å². The van der Waals surface area contributed by atoms with Crippen LogP contribution >= 0.6 is 0 Å². The summed E-state index contributed by atoms with van der Waals surface area (Å²) in [5.74, 6) is 7.84. The minimum Gasteiger partial charge on any atom is -0.497 e. The van der Waals surface area contributed by atoms with Crippen molar-refractivity contribution in [1.29, 1.82) is 0 Å². The molecule has 0 atom stereocenters. The predicted molar refractivity (Wildman–Crippen MR) is 72.3 cm³/mol. The molecule has 1 heterocycles. The summed E-state index contributed by atoms with van der Waals surface area (Å²) in [7, 11) is 1.61. The second-order valence-corrected chi connectivity index (χ2v) is 3.78. The number of rotatable bonds is 5. The lowest BCUT2D eigenvalue weighted by molar-refractivity contribution is 0.406. The Morgan fingerprint density at radius 3 is 2.74 bits per heavy atom. The molecule has 0 bridgehead atoms. The molecule has 0 aliphatic heterocycles. The van der Waals surface area contributed by atoms with Crippen LogP contribution in [0.15, 0.2) is 30.6 Å². The van der Waals surface area contributed by atoms with Gasteiger partial charge in [0, 0.05) is 6.07 Å². The van der Waals surface area contributed by atoms with Crippen LogP contribution in [-0.2, 0) is 6.42 Å². The molecule has 19 heavy (non-hydrogen) atoms. The molecule has 0 unspecified atom stereocenters. The zero-order chi connectivity index (χ0) is 13.7. The van der Waals surface area contributed by atoms with E-state index in [9.17, 15) is 0 Å². The van der Waals surface area contributed by atoms with Gasteiger partial charge in [-0.25, -0.2) is 15.8 Å². The maximum atomic E-state index is 5.76. The van der Waals surface area contributed by atoms with Crippen LogP contribution in [0.2, 0.25) is 0 Å². The fourth-order valence-corrected chi connectivity index (χ4v) is 1.70. The number of hydrogen-bond acceptors (Lipinski definition) is 6. The van der Waals surface area contributed by atoms with Gasteiger partial charge in [-0.3, -0.25) is 0 Å². The number of nitrogens with zero attached hydrogens (tertiary/aromatic N) is 2. The van der Waals surface area contributed by atoms with Gasteiger partial charge in [0.2, 0.25) is 5.88 Å². The molecule has 2 rings (SSSR count). The van der Waals surface area contributed by atoms with Crippen molar-refractivity contribution in [2.45, 2.75) is 13.3 Å². The highest BCUT2D eigenvalue weighted by atomic mass is 16.5. The molecule has 0 fully saturated rings. The lowest BCUT2D eigenvalue weighted by Gasteiger charge is -2.12. The van der Waals surface area contributed by atoms with Gasteiger partial charge in [0.25, 0.3) is 0 Å². The molecule has 0 saturated carbocycles. The maximum Gasteiger partial charge on any atom is 0.227 e. The topological polar surface area (TPSA) is 82.3 Å². The molecule has 0 radical (unpaired) electrons. The molecule has 1 aromatic heterocycles. The van der Waals surface area contributed by atoms with Crippen molar-refractivity contribution in [3.8, 4) is 17.4 Å². The predicted octanol–water partition coefficient (Wildman–Crippen LogP) is 2.13. The highest BCUT2D eigenvalue weighted by Crippen LogP contribution is 2.28. The van der Waals surface area contributed by atoms with E-state index in [1.54, 1.807) is 13.2 Å². The van der Waals surface area contributed by atoms with Crippen molar-refractivity contribution in [3.63, 3.8) is 0 Å². The lowest BCUT2D eigenvalue weighted by atomic mass is 10.2. The number of anilines is 1. The molecule has 0 amide bonds. The summed E-state index contributed by atoms with van der Waals surface area (Å²) in [4.78, 5) is 8.19. The highest BCUT2D eigenvalue weighted by Gasteiger charge is 2.11. The number of benzene rings is 1. The summed E-state index contributed by atoms with van der Waals surface area (Å²) in [6.45, 7) is 1.98. The van der Waals surface area contributed by atoms with Crippen molar-refractivity contribution in [2.75, 3.05) is 12.5 Å². The van der Waals surface area contributed by atoms with E-state index in [0.29, 0.717) is 23.9 Å². The number of nitrogens with one attached hydrogen (secondary N) is 1. The summed E-state index contributed by atoms with van der Waals surface area (Å²) >= 11 is 0. The van der Waals surface area contributed by atoms with Crippen LogP contribution in [0, 0.1) is 0 Å². The van der Waals surface area contributed by atoms with Gasteiger partial charge in [-0.15, -0.1) is 0 Å². The number of aromatic nitrogens is 2. The normalized spacial score (nSPS) is 10.1. The standard InChI is InChI=1S/C13H16N4O2/c1-3-11-12(17-14)15-8-16-13(11)19-10-6-4-5-9(7-10)18-2/h4-8H,3,14H2,1-2H3,(H,15,16,17). The van der Waals surface area contributed by atoms with Gasteiger partial charge < -0.3 is 14.9 Å². The minimum absolute atomic E-state index is 0.485. The first-order valence-corrected chi connectivity index (χ1v) is 5.90. The quantitative estimate of drug-likeness (QED) is 0.633. The minimum atomic E-state index is 0.485. The fraction of sp³-hybridized carbons (Fsp3) is 0.231. The van der Waals surface area contributed by atoms with E-state index < -0.39 is 0 Å². The van der Waals surface area contributed by atoms with E-state index >= 15 is 0 Å². The second-order valence-electron chi connectivity index (χ2n) is 3.78. The lowest BCUT2D eigenvalue weighted by Crippen LogP contribution is -2.12. The first-order chi connectivity index (χ1) is 9.28. The molecule has 0 aliphatic rings. The molecule has 0 saturated heterocycles. The first-order valence-electron chi connectivity index (χ1n) is 5.90. The Balaban J connectivity index is 2.32. The Bertz CT molecular complexity index is 560. The van der Waals surface area contributed by atoms with Crippen LogP contribution in [0.1, 0.15) is 12.5 Å². The van der Waals surface area contributed by atoms with Gasteiger partial charge in [-0.1, -0.05) is 13.0 Å². The van der Waals surface area contributed by atoms with Gasteiger partial charge in [-0.2, -0.15) is 0 Å². The summed E-state index contributed by atoms with van der Waals surface area (Å²) in [5, 5.41) is 0. The largest absolute Gasteiger partial charge is 0.497 e. The third-order valence-corrected chi connectivity index (χ3v) is 2.65. The third-order valence-electron chi connectivity index (χ3n) is 2.65. The Morgan fingerprint density at radius 2 is 2.05 bits per heavy atom. The summed E-state index contributed by atoms with van der Waals surface area (Å²) in [5.41, 5.74) is 3.37. The van der Waals surface area contributed by atoms with Gasteiger partial charge in [0.15, 0.2) is 0 Å². The first kappa shape index (κ1) is 13.1. The van der Waals surface area contributed by atoms with Crippen LogP contribution in [-0.4, -0.2) is 17.1 Å². The molecular formula is C13H16N4O2. The van der Waals surface area contributed by atoms with Gasteiger partial charge in [0.05, 0.1) is 12.7 Å². The monoisotopic (exact) mass is 260 g/mol. The third kappa shape index (κ3) is 2.92. The molecule has 3 N–H and O–H groups in total. The smallest absolute Gasteiger partial charge is 0.227 e. The van der Waals surface area contributed by atoms with Gasteiger partial charge in [-0.05, 0) is 18.6 Å². The Kier molecular flexibility index (Phi) is 4.15. The number of nitrogens with two attached hydrogens (primary N) is 1. The zero-order valence-electron chi connectivity index (χ0n) is 10.9. The van der Waals surface area contributed by atoms with Crippen LogP contribution in [0.3, 0.4) is 0 Å². The summed E-state index contributed by atoms with van der Waals surface area (Å²) in [6.07, 6.45) is 2.11. The molecule has 100 valence electrons. The number of methoxy groups -OCH3 is 1. The zero-order valence-corrected chi connectivity index (χ0v) is 10.9. The molecule has 2 aromatic rings. The number of nitrogen functional groups attached to an aromatic ring is 1. The van der Waals surface area contributed by atoms with Crippen LogP contribution in [0.5, 0.6) is 17.4 Å². The van der Waals surface area contributed by atoms with Crippen LogP contribution in [0.4, 0.5) is 5.82 Å². The van der Waals surface area contributed by atoms with Crippen molar-refractivity contribution < 1.29 is 9.47 Å². The van der Waals surface area contributed by atoms with Crippen molar-refractivity contribution in [1.82, 2.24) is 9.97 Å². The van der Waals surface area contributed by atoms with E-state index in [1.807, 2.05) is 25.1 Å². The molecule has 0 spiro atoms. The highest BCUT2D eigenvalue weighted by molar-refractivity contribution is 5.49. The van der Waals surface area contributed by atoms with Crippen molar-refractivity contribution >= 4 is 5.82 Å². The molecule has 1 aromatic carbocycles. The Hall–Kier alpha value is -2.34.